The van der Waals surface area contributed by atoms with E-state index in [0.717, 1.165) is 27.1 Å². The van der Waals surface area contributed by atoms with Gasteiger partial charge in [0.05, 0.1) is 6.21 Å². The van der Waals surface area contributed by atoms with Crippen molar-refractivity contribution in [2.24, 2.45) is 5.10 Å². The smallest absolute Gasteiger partial charge is 0.271 e. The summed E-state index contributed by atoms with van der Waals surface area (Å²) >= 11 is 3.44. The first-order valence-electron chi connectivity index (χ1n) is 7.89. The standard InChI is InChI=1S/C20H18BrN3O/c1-14-7-8-15(2)24(14)18-11-9-16(10-12-18)20(25)23-22-13-17-5-3-4-6-19(17)21/h3-13H,1-2H3,(H,23,25)/b22-13-. The topological polar surface area (TPSA) is 46.4 Å². The van der Waals surface area contributed by atoms with Gasteiger partial charge in [-0.1, -0.05) is 34.1 Å². The van der Waals surface area contributed by atoms with E-state index in [-0.39, 0.29) is 5.91 Å². The number of rotatable bonds is 4. The van der Waals surface area contributed by atoms with Gasteiger partial charge in [-0.05, 0) is 56.3 Å². The summed E-state index contributed by atoms with van der Waals surface area (Å²) in [5.74, 6) is -0.240. The first kappa shape index (κ1) is 17.2. The van der Waals surface area contributed by atoms with Crippen molar-refractivity contribution in [3.05, 3.63) is 87.7 Å². The van der Waals surface area contributed by atoms with Crippen molar-refractivity contribution in [3.63, 3.8) is 0 Å². The predicted molar refractivity (Wildman–Crippen MR) is 104 cm³/mol. The molecule has 3 aromatic rings. The van der Waals surface area contributed by atoms with Crippen LogP contribution in [0.15, 0.2) is 70.2 Å². The molecule has 0 unspecified atom stereocenters. The Morgan fingerprint density at radius 3 is 2.28 bits per heavy atom. The highest BCUT2D eigenvalue weighted by atomic mass is 79.9. The zero-order valence-corrected chi connectivity index (χ0v) is 15.6. The Morgan fingerprint density at radius 1 is 1.00 bits per heavy atom. The molecule has 1 aromatic heterocycles. The maximum atomic E-state index is 12.2. The second kappa shape index (κ2) is 7.49. The number of hydrazone groups is 1. The summed E-state index contributed by atoms with van der Waals surface area (Å²) in [5.41, 5.74) is 7.37. The molecule has 1 N–H and O–H groups in total. The molecule has 2 aromatic carbocycles. The molecule has 0 aliphatic carbocycles. The summed E-state index contributed by atoms with van der Waals surface area (Å²) < 4.78 is 3.07. The fourth-order valence-corrected chi connectivity index (χ4v) is 3.03. The highest BCUT2D eigenvalue weighted by Crippen LogP contribution is 2.17. The Morgan fingerprint density at radius 2 is 1.64 bits per heavy atom. The Kier molecular flexibility index (Phi) is 5.14. The maximum Gasteiger partial charge on any atom is 0.271 e. The molecule has 0 atom stereocenters. The fourth-order valence-electron chi connectivity index (χ4n) is 2.64. The number of nitrogens with one attached hydrogen (secondary N) is 1. The van der Waals surface area contributed by atoms with E-state index in [1.807, 2.05) is 36.4 Å². The van der Waals surface area contributed by atoms with Crippen molar-refractivity contribution in [2.45, 2.75) is 13.8 Å². The van der Waals surface area contributed by atoms with Gasteiger partial charge < -0.3 is 4.57 Å². The number of hydrogen-bond donors (Lipinski definition) is 1. The van der Waals surface area contributed by atoms with E-state index in [4.69, 9.17) is 0 Å². The number of nitrogens with zero attached hydrogens (tertiary/aromatic N) is 2. The average Bonchev–Trinajstić information content (AvgIpc) is 2.95. The molecule has 0 saturated heterocycles. The number of aryl methyl sites for hydroxylation is 2. The fraction of sp³-hybridized carbons (Fsp3) is 0.100. The summed E-state index contributed by atoms with van der Waals surface area (Å²) in [5, 5.41) is 4.02. The number of aromatic nitrogens is 1. The van der Waals surface area contributed by atoms with Gasteiger partial charge in [-0.15, -0.1) is 0 Å². The minimum Gasteiger partial charge on any atom is -0.319 e. The van der Waals surface area contributed by atoms with Gasteiger partial charge in [0, 0.05) is 32.7 Å². The third-order valence-corrected chi connectivity index (χ3v) is 4.66. The molecular weight excluding hydrogens is 378 g/mol. The molecule has 0 fully saturated rings. The Hall–Kier alpha value is -2.66. The van der Waals surface area contributed by atoms with Gasteiger partial charge in [0.15, 0.2) is 0 Å². The van der Waals surface area contributed by atoms with Gasteiger partial charge >= 0.3 is 0 Å². The van der Waals surface area contributed by atoms with Crippen LogP contribution in [0.2, 0.25) is 0 Å². The van der Waals surface area contributed by atoms with Crippen LogP contribution in [-0.4, -0.2) is 16.7 Å². The van der Waals surface area contributed by atoms with Gasteiger partial charge in [0.1, 0.15) is 0 Å². The SMILES string of the molecule is Cc1ccc(C)n1-c1ccc(C(=O)N/N=C\c2ccccc2Br)cc1. The van der Waals surface area contributed by atoms with E-state index in [1.54, 1.807) is 18.3 Å². The molecular formula is C20H18BrN3O. The summed E-state index contributed by atoms with van der Waals surface area (Å²) in [6.45, 7) is 4.12. The molecule has 0 saturated carbocycles. The highest BCUT2D eigenvalue weighted by molar-refractivity contribution is 9.10. The second-order valence-corrected chi connectivity index (χ2v) is 6.57. The molecule has 0 radical (unpaired) electrons. The predicted octanol–water partition coefficient (Wildman–Crippen LogP) is 4.62. The van der Waals surface area contributed by atoms with Crippen LogP contribution in [0.4, 0.5) is 0 Å². The number of hydrogen-bond acceptors (Lipinski definition) is 2. The molecule has 0 bridgehead atoms. The van der Waals surface area contributed by atoms with Crippen LogP contribution in [0.1, 0.15) is 27.3 Å². The second-order valence-electron chi connectivity index (χ2n) is 5.72. The van der Waals surface area contributed by atoms with Crippen molar-refractivity contribution in [1.82, 2.24) is 9.99 Å². The van der Waals surface area contributed by atoms with E-state index in [9.17, 15) is 4.79 Å². The third kappa shape index (κ3) is 3.88. The number of amides is 1. The van der Waals surface area contributed by atoms with Crippen LogP contribution < -0.4 is 5.43 Å². The minimum atomic E-state index is -0.240. The highest BCUT2D eigenvalue weighted by Gasteiger charge is 2.07. The van der Waals surface area contributed by atoms with E-state index < -0.39 is 0 Å². The minimum absolute atomic E-state index is 0.240. The largest absolute Gasteiger partial charge is 0.319 e. The molecule has 25 heavy (non-hydrogen) atoms. The average molecular weight is 396 g/mol. The van der Waals surface area contributed by atoms with Crippen molar-refractivity contribution in [3.8, 4) is 5.69 Å². The summed E-state index contributed by atoms with van der Waals surface area (Å²) in [6.07, 6.45) is 1.61. The lowest BCUT2D eigenvalue weighted by molar-refractivity contribution is 0.0955. The number of carbonyl (C=O) groups is 1. The zero-order valence-electron chi connectivity index (χ0n) is 14.0. The van der Waals surface area contributed by atoms with E-state index in [0.29, 0.717) is 5.56 Å². The lowest BCUT2D eigenvalue weighted by Crippen LogP contribution is -2.17. The first-order valence-corrected chi connectivity index (χ1v) is 8.69. The Balaban J connectivity index is 1.70. The summed E-state index contributed by atoms with van der Waals surface area (Å²) in [4.78, 5) is 12.2. The molecule has 0 aliphatic rings. The molecule has 0 spiro atoms. The Bertz CT molecular complexity index is 907. The number of carbonyl (C=O) groups excluding carboxylic acids is 1. The van der Waals surface area contributed by atoms with Gasteiger partial charge in [-0.25, -0.2) is 5.43 Å². The molecule has 1 heterocycles. The molecule has 126 valence electrons. The number of benzene rings is 2. The van der Waals surface area contributed by atoms with E-state index in [1.165, 1.54) is 0 Å². The van der Waals surface area contributed by atoms with Gasteiger partial charge in [0.2, 0.25) is 0 Å². The van der Waals surface area contributed by atoms with Crippen molar-refractivity contribution in [1.29, 1.82) is 0 Å². The van der Waals surface area contributed by atoms with Crippen LogP contribution in [0.25, 0.3) is 5.69 Å². The monoisotopic (exact) mass is 395 g/mol. The molecule has 4 nitrogen and oxygen atoms in total. The van der Waals surface area contributed by atoms with E-state index >= 15 is 0 Å². The van der Waals surface area contributed by atoms with Crippen LogP contribution in [0.3, 0.4) is 0 Å². The van der Waals surface area contributed by atoms with Gasteiger partial charge in [-0.3, -0.25) is 4.79 Å². The third-order valence-electron chi connectivity index (χ3n) is 3.93. The van der Waals surface area contributed by atoms with E-state index in [2.05, 4.69) is 57.0 Å². The van der Waals surface area contributed by atoms with Crippen LogP contribution in [0, 0.1) is 13.8 Å². The van der Waals surface area contributed by atoms with Gasteiger partial charge in [-0.2, -0.15) is 5.10 Å². The quantitative estimate of drug-likeness (QED) is 0.508. The van der Waals surface area contributed by atoms with Crippen LogP contribution >= 0.6 is 15.9 Å². The first-order chi connectivity index (χ1) is 12.1. The zero-order chi connectivity index (χ0) is 17.8. The van der Waals surface area contributed by atoms with Crippen molar-refractivity contribution < 1.29 is 4.79 Å². The van der Waals surface area contributed by atoms with Crippen LogP contribution in [0.5, 0.6) is 0 Å². The van der Waals surface area contributed by atoms with Crippen molar-refractivity contribution in [2.75, 3.05) is 0 Å². The molecule has 1 amide bonds. The normalized spacial score (nSPS) is 11.0. The molecule has 5 heteroatoms. The Labute approximate surface area is 155 Å². The summed E-state index contributed by atoms with van der Waals surface area (Å²) in [6, 6.07) is 19.3. The maximum absolute atomic E-state index is 12.2. The lowest BCUT2D eigenvalue weighted by atomic mass is 10.2. The lowest BCUT2D eigenvalue weighted by Gasteiger charge is -2.10. The summed E-state index contributed by atoms with van der Waals surface area (Å²) in [7, 11) is 0. The van der Waals surface area contributed by atoms with Crippen molar-refractivity contribution >= 4 is 28.1 Å². The number of halogens is 1. The van der Waals surface area contributed by atoms with Crippen LogP contribution in [-0.2, 0) is 0 Å². The molecule has 0 aliphatic heterocycles. The van der Waals surface area contributed by atoms with Gasteiger partial charge in [0.25, 0.3) is 5.91 Å². The molecule has 3 rings (SSSR count).